The highest BCUT2D eigenvalue weighted by molar-refractivity contribution is 5.91. The number of anilines is 1. The zero-order valence-corrected chi connectivity index (χ0v) is 10.6. The molecule has 1 aromatic carbocycles. The largest absolute Gasteiger partial charge is 0.345 e. The van der Waals surface area contributed by atoms with Gasteiger partial charge in [0.15, 0.2) is 0 Å². The fourth-order valence-electron chi connectivity index (χ4n) is 1.76. The molecule has 4 heteroatoms. The molecule has 0 saturated carbocycles. The Morgan fingerprint density at radius 2 is 2.28 bits per heavy atom. The quantitative estimate of drug-likeness (QED) is 0.867. The van der Waals surface area contributed by atoms with E-state index >= 15 is 0 Å². The highest BCUT2D eigenvalue weighted by Crippen LogP contribution is 2.20. The minimum Gasteiger partial charge on any atom is -0.345 e. The molecule has 1 heterocycles. The van der Waals surface area contributed by atoms with Gasteiger partial charge in [0.05, 0.1) is 18.2 Å². The number of amides is 1. The third kappa shape index (κ3) is 3.20. The Bertz CT molecular complexity index is 518. The first-order valence-electron chi connectivity index (χ1n) is 6.04. The van der Waals surface area contributed by atoms with Crippen molar-refractivity contribution in [1.29, 1.82) is 0 Å². The maximum Gasteiger partial charge on any atom is 0.224 e. The van der Waals surface area contributed by atoms with E-state index in [9.17, 15) is 4.79 Å². The number of nitrogens with zero attached hydrogens (tertiary/aromatic N) is 1. The summed E-state index contributed by atoms with van der Waals surface area (Å²) in [5.74, 6) is 0.410. The van der Waals surface area contributed by atoms with E-state index in [0.29, 0.717) is 12.3 Å². The van der Waals surface area contributed by atoms with Gasteiger partial charge >= 0.3 is 0 Å². The first-order valence-corrected chi connectivity index (χ1v) is 6.04. The number of carbonyl (C=O) groups excluding carboxylic acids is 1. The molecule has 2 aromatic rings. The molecule has 1 aromatic heterocycles. The van der Waals surface area contributed by atoms with E-state index in [1.165, 1.54) is 0 Å². The van der Waals surface area contributed by atoms with E-state index in [1.807, 2.05) is 38.1 Å². The lowest BCUT2D eigenvalue weighted by molar-refractivity contribution is -0.116. The van der Waals surface area contributed by atoms with Gasteiger partial charge in [0, 0.05) is 17.7 Å². The number of imidazole rings is 1. The highest BCUT2D eigenvalue weighted by Gasteiger charge is 2.06. The van der Waals surface area contributed by atoms with Crippen molar-refractivity contribution >= 4 is 11.6 Å². The van der Waals surface area contributed by atoms with Crippen molar-refractivity contribution in [3.63, 3.8) is 0 Å². The smallest absolute Gasteiger partial charge is 0.224 e. The van der Waals surface area contributed by atoms with Gasteiger partial charge in [-0.1, -0.05) is 26.0 Å². The number of H-pyrrole nitrogens is 1. The zero-order valence-electron chi connectivity index (χ0n) is 10.6. The molecule has 0 atom stereocenters. The van der Waals surface area contributed by atoms with Crippen LogP contribution in [-0.4, -0.2) is 15.9 Å². The molecule has 0 spiro atoms. The van der Waals surface area contributed by atoms with Crippen molar-refractivity contribution in [3.05, 3.63) is 36.8 Å². The second kappa shape index (κ2) is 5.49. The van der Waals surface area contributed by atoms with Crippen molar-refractivity contribution in [1.82, 2.24) is 9.97 Å². The number of nitrogens with one attached hydrogen (secondary N) is 2. The molecule has 2 rings (SSSR count). The summed E-state index contributed by atoms with van der Waals surface area (Å²) in [5, 5.41) is 2.90. The predicted octanol–water partition coefficient (Wildman–Crippen LogP) is 3.06. The average Bonchev–Trinajstić information content (AvgIpc) is 2.81. The fraction of sp³-hybridized carbons (Fsp3) is 0.286. The van der Waals surface area contributed by atoms with Gasteiger partial charge in [-0.05, 0) is 18.1 Å². The average molecular weight is 243 g/mol. The van der Waals surface area contributed by atoms with E-state index in [0.717, 1.165) is 16.9 Å². The lowest BCUT2D eigenvalue weighted by Crippen LogP contribution is -2.13. The number of benzene rings is 1. The number of hydrogen-bond acceptors (Lipinski definition) is 2. The van der Waals surface area contributed by atoms with Gasteiger partial charge in [-0.2, -0.15) is 0 Å². The van der Waals surface area contributed by atoms with Crippen LogP contribution in [0.2, 0.25) is 0 Å². The summed E-state index contributed by atoms with van der Waals surface area (Å²) in [7, 11) is 0. The van der Waals surface area contributed by atoms with Gasteiger partial charge in [0.2, 0.25) is 5.91 Å². The number of aromatic nitrogens is 2. The Balaban J connectivity index is 2.11. The second-order valence-corrected chi connectivity index (χ2v) is 4.69. The summed E-state index contributed by atoms with van der Waals surface area (Å²) < 4.78 is 0. The van der Waals surface area contributed by atoms with Crippen LogP contribution >= 0.6 is 0 Å². The van der Waals surface area contributed by atoms with E-state index in [4.69, 9.17) is 0 Å². The summed E-state index contributed by atoms with van der Waals surface area (Å²) in [5.41, 5.74) is 2.76. The van der Waals surface area contributed by atoms with Crippen molar-refractivity contribution in [2.24, 2.45) is 5.92 Å². The molecule has 0 aliphatic heterocycles. The lowest BCUT2D eigenvalue weighted by Gasteiger charge is -2.08. The van der Waals surface area contributed by atoms with Crippen LogP contribution in [0.5, 0.6) is 0 Å². The minimum atomic E-state index is 0.0479. The molecule has 0 aliphatic carbocycles. The number of carbonyl (C=O) groups is 1. The van der Waals surface area contributed by atoms with Crippen LogP contribution in [-0.2, 0) is 4.79 Å². The summed E-state index contributed by atoms with van der Waals surface area (Å²) >= 11 is 0. The lowest BCUT2D eigenvalue weighted by atomic mass is 10.1. The van der Waals surface area contributed by atoms with Gasteiger partial charge < -0.3 is 10.3 Å². The maximum atomic E-state index is 11.7. The van der Waals surface area contributed by atoms with E-state index < -0.39 is 0 Å². The van der Waals surface area contributed by atoms with Crippen molar-refractivity contribution in [2.75, 3.05) is 5.32 Å². The Morgan fingerprint density at radius 1 is 1.44 bits per heavy atom. The first kappa shape index (κ1) is 12.4. The van der Waals surface area contributed by atoms with Crippen molar-refractivity contribution < 1.29 is 4.79 Å². The van der Waals surface area contributed by atoms with Gasteiger partial charge in [0.25, 0.3) is 0 Å². The Labute approximate surface area is 106 Å². The van der Waals surface area contributed by atoms with E-state index in [1.54, 1.807) is 12.5 Å². The molecule has 0 fully saturated rings. The second-order valence-electron chi connectivity index (χ2n) is 4.69. The number of aromatic amines is 1. The summed E-state index contributed by atoms with van der Waals surface area (Å²) in [6.07, 6.45) is 3.93. The Kier molecular flexibility index (Phi) is 3.77. The molecule has 94 valence electrons. The van der Waals surface area contributed by atoms with Crippen LogP contribution in [0.15, 0.2) is 36.8 Å². The molecule has 18 heavy (non-hydrogen) atoms. The minimum absolute atomic E-state index is 0.0479. The molecule has 0 saturated heterocycles. The predicted molar refractivity (Wildman–Crippen MR) is 72.1 cm³/mol. The summed E-state index contributed by atoms with van der Waals surface area (Å²) in [6, 6.07) is 7.72. The molecule has 4 nitrogen and oxygen atoms in total. The standard InChI is InChI=1S/C14H17N3O/c1-10(2)6-14(18)17-12-5-3-4-11(7-12)13-8-15-9-16-13/h3-5,7-10H,6H2,1-2H3,(H,15,16)(H,17,18). The molecule has 2 N–H and O–H groups in total. The Hall–Kier alpha value is -2.10. The third-order valence-corrected chi connectivity index (χ3v) is 2.55. The normalized spacial score (nSPS) is 10.6. The maximum absolute atomic E-state index is 11.7. The SMILES string of the molecule is CC(C)CC(=O)Nc1cccc(-c2cnc[nH]2)c1. The van der Waals surface area contributed by atoms with Gasteiger partial charge in [-0.15, -0.1) is 0 Å². The molecule has 0 aliphatic rings. The highest BCUT2D eigenvalue weighted by atomic mass is 16.1. The first-order chi connectivity index (χ1) is 8.65. The summed E-state index contributed by atoms with van der Waals surface area (Å²) in [4.78, 5) is 18.7. The fourth-order valence-corrected chi connectivity index (χ4v) is 1.76. The third-order valence-electron chi connectivity index (χ3n) is 2.55. The van der Waals surface area contributed by atoms with Crippen LogP contribution in [0, 0.1) is 5.92 Å². The molecular weight excluding hydrogens is 226 g/mol. The van der Waals surface area contributed by atoms with Crippen molar-refractivity contribution in [3.8, 4) is 11.3 Å². The zero-order chi connectivity index (χ0) is 13.0. The van der Waals surface area contributed by atoms with Crippen LogP contribution < -0.4 is 5.32 Å². The topological polar surface area (TPSA) is 57.8 Å². The molecule has 0 bridgehead atoms. The van der Waals surface area contributed by atoms with E-state index in [-0.39, 0.29) is 5.91 Å². The number of rotatable bonds is 4. The van der Waals surface area contributed by atoms with Gasteiger partial charge in [0.1, 0.15) is 0 Å². The molecular formula is C14H17N3O. The van der Waals surface area contributed by atoms with Crippen LogP contribution in [0.1, 0.15) is 20.3 Å². The Morgan fingerprint density at radius 3 is 2.94 bits per heavy atom. The van der Waals surface area contributed by atoms with Gasteiger partial charge in [-0.3, -0.25) is 4.79 Å². The molecule has 0 unspecified atom stereocenters. The van der Waals surface area contributed by atoms with Crippen molar-refractivity contribution in [2.45, 2.75) is 20.3 Å². The molecule has 1 amide bonds. The van der Waals surface area contributed by atoms with Crippen LogP contribution in [0.25, 0.3) is 11.3 Å². The summed E-state index contributed by atoms with van der Waals surface area (Å²) in [6.45, 7) is 4.06. The van der Waals surface area contributed by atoms with Crippen LogP contribution in [0.3, 0.4) is 0 Å². The van der Waals surface area contributed by atoms with Gasteiger partial charge in [-0.25, -0.2) is 4.98 Å². The van der Waals surface area contributed by atoms with Crippen LogP contribution in [0.4, 0.5) is 5.69 Å². The number of hydrogen-bond donors (Lipinski definition) is 2. The monoisotopic (exact) mass is 243 g/mol. The molecule has 0 radical (unpaired) electrons. The van der Waals surface area contributed by atoms with E-state index in [2.05, 4.69) is 15.3 Å².